The van der Waals surface area contributed by atoms with Crippen LogP contribution in [0.25, 0.3) is 0 Å². The van der Waals surface area contributed by atoms with E-state index in [1.807, 2.05) is 16.5 Å². The maximum Gasteiger partial charge on any atom is 0.110 e. The third kappa shape index (κ3) is 1.48. The van der Waals surface area contributed by atoms with Gasteiger partial charge in [-0.05, 0) is 12.3 Å². The molecule has 50 valence electrons. The molecule has 0 aromatic rings. The zero-order valence-electron chi connectivity index (χ0n) is 5.42. The van der Waals surface area contributed by atoms with Crippen molar-refractivity contribution < 1.29 is 0 Å². The van der Waals surface area contributed by atoms with Crippen molar-refractivity contribution >= 4 is 17.6 Å². The van der Waals surface area contributed by atoms with Gasteiger partial charge in [0, 0.05) is 12.7 Å². The summed E-state index contributed by atoms with van der Waals surface area (Å²) in [5.74, 6) is 1.54. The number of nitrogens with one attached hydrogen (secondary N) is 1. The fourth-order valence-corrected chi connectivity index (χ4v) is 1.37. The van der Waals surface area contributed by atoms with Crippen LogP contribution in [0.4, 0.5) is 0 Å². The highest BCUT2D eigenvalue weighted by molar-refractivity contribution is 8.02. The summed E-state index contributed by atoms with van der Waals surface area (Å²) in [7, 11) is 0. The number of amidine groups is 1. The van der Waals surface area contributed by atoms with Crippen molar-refractivity contribution in [3.8, 4) is 0 Å². The Morgan fingerprint density at radius 2 is 2.67 bits per heavy atom. The molecule has 0 aromatic carbocycles. The Labute approximate surface area is 59.4 Å². The van der Waals surface area contributed by atoms with Gasteiger partial charge >= 0.3 is 0 Å². The normalized spacial score (nSPS) is 18.8. The van der Waals surface area contributed by atoms with E-state index in [0.717, 1.165) is 12.3 Å². The first-order valence-electron chi connectivity index (χ1n) is 2.97. The molecule has 1 rings (SSSR count). The second kappa shape index (κ2) is 2.92. The van der Waals surface area contributed by atoms with Gasteiger partial charge in [0.2, 0.25) is 0 Å². The van der Waals surface area contributed by atoms with E-state index in [4.69, 9.17) is 5.41 Å². The number of rotatable bonds is 1. The van der Waals surface area contributed by atoms with Gasteiger partial charge in [-0.1, -0.05) is 0 Å². The summed E-state index contributed by atoms with van der Waals surface area (Å²) in [4.78, 5) is 1.94. The van der Waals surface area contributed by atoms with Crippen molar-refractivity contribution in [1.29, 1.82) is 5.41 Å². The van der Waals surface area contributed by atoms with E-state index in [2.05, 4.69) is 6.92 Å². The molecular weight excluding hydrogens is 132 g/mol. The maximum absolute atomic E-state index is 7.40. The van der Waals surface area contributed by atoms with Crippen LogP contribution in [0.3, 0.4) is 0 Å². The van der Waals surface area contributed by atoms with Crippen LogP contribution in [0.1, 0.15) is 6.92 Å². The van der Waals surface area contributed by atoms with Gasteiger partial charge in [-0.3, -0.25) is 5.41 Å². The highest BCUT2D eigenvalue weighted by Crippen LogP contribution is 2.11. The third-order valence-electron chi connectivity index (χ3n) is 1.24. The molecule has 1 aliphatic rings. The fourth-order valence-electron chi connectivity index (χ4n) is 0.713. The molecule has 0 atom stereocenters. The molecule has 2 nitrogen and oxygen atoms in total. The van der Waals surface area contributed by atoms with Crippen LogP contribution >= 0.6 is 11.8 Å². The van der Waals surface area contributed by atoms with Crippen molar-refractivity contribution in [2.24, 2.45) is 0 Å². The first-order valence-corrected chi connectivity index (χ1v) is 4.02. The lowest BCUT2D eigenvalue weighted by molar-refractivity contribution is 0.582. The van der Waals surface area contributed by atoms with Gasteiger partial charge < -0.3 is 4.90 Å². The summed E-state index contributed by atoms with van der Waals surface area (Å²) in [5, 5.41) is 9.43. The van der Waals surface area contributed by atoms with Crippen LogP contribution in [0, 0.1) is 5.41 Å². The first-order chi connectivity index (χ1) is 4.34. The van der Waals surface area contributed by atoms with E-state index in [9.17, 15) is 0 Å². The second-order valence-electron chi connectivity index (χ2n) is 1.83. The predicted octanol–water partition coefficient (Wildman–Crippen LogP) is 1.50. The molecule has 0 saturated carbocycles. The van der Waals surface area contributed by atoms with Crippen molar-refractivity contribution in [2.45, 2.75) is 6.92 Å². The predicted molar refractivity (Wildman–Crippen MR) is 41.7 cm³/mol. The zero-order valence-corrected chi connectivity index (χ0v) is 6.24. The Morgan fingerprint density at radius 3 is 3.11 bits per heavy atom. The van der Waals surface area contributed by atoms with Crippen LogP contribution in [0.2, 0.25) is 0 Å². The molecule has 1 heterocycles. The molecule has 9 heavy (non-hydrogen) atoms. The smallest absolute Gasteiger partial charge is 0.110 e. The van der Waals surface area contributed by atoms with E-state index < -0.39 is 0 Å². The van der Waals surface area contributed by atoms with Crippen LogP contribution in [0.15, 0.2) is 11.6 Å². The van der Waals surface area contributed by atoms with Crippen molar-refractivity contribution in [1.82, 2.24) is 4.90 Å². The maximum atomic E-state index is 7.40. The average Bonchev–Trinajstić information content (AvgIpc) is 1.89. The number of hydrogen-bond acceptors (Lipinski definition) is 2. The molecule has 0 fully saturated rings. The summed E-state index contributed by atoms with van der Waals surface area (Å²) in [5.41, 5.74) is 0. The van der Waals surface area contributed by atoms with E-state index in [1.54, 1.807) is 11.8 Å². The molecule has 0 amide bonds. The molecular formula is C6H10N2S. The monoisotopic (exact) mass is 142 g/mol. The summed E-state index contributed by atoms with van der Waals surface area (Å²) >= 11 is 1.68. The van der Waals surface area contributed by atoms with Gasteiger partial charge in [0.05, 0.1) is 5.75 Å². The molecule has 3 heteroatoms. The first kappa shape index (κ1) is 6.68. The molecule has 0 saturated heterocycles. The average molecular weight is 142 g/mol. The standard InChI is InChI=1S/C6H10N2S/c1-2-8-3-4-9-5-6(8)7/h3-4,7H,2,5H2,1H3. The zero-order chi connectivity index (χ0) is 6.69. The number of hydrogen-bond donors (Lipinski definition) is 1. The van der Waals surface area contributed by atoms with E-state index in [1.165, 1.54) is 0 Å². The minimum atomic E-state index is 0.713. The number of nitrogens with zero attached hydrogens (tertiary/aromatic N) is 1. The van der Waals surface area contributed by atoms with Crippen LogP contribution in [-0.2, 0) is 0 Å². The van der Waals surface area contributed by atoms with Gasteiger partial charge in [0.15, 0.2) is 0 Å². The lowest BCUT2D eigenvalue weighted by Gasteiger charge is -2.21. The quantitative estimate of drug-likeness (QED) is 0.600. The van der Waals surface area contributed by atoms with E-state index in [-0.39, 0.29) is 0 Å². The second-order valence-corrected chi connectivity index (χ2v) is 2.72. The molecule has 1 aliphatic heterocycles. The van der Waals surface area contributed by atoms with Crippen molar-refractivity contribution in [3.05, 3.63) is 11.6 Å². The van der Waals surface area contributed by atoms with Crippen molar-refractivity contribution in [3.63, 3.8) is 0 Å². The van der Waals surface area contributed by atoms with E-state index in [0.29, 0.717) is 5.84 Å². The molecule has 0 aromatic heterocycles. The summed E-state index contributed by atoms with van der Waals surface area (Å²) in [6.07, 6.45) is 1.95. The Bertz CT molecular complexity index is 142. The third-order valence-corrected chi connectivity index (χ3v) is 2.00. The van der Waals surface area contributed by atoms with Crippen LogP contribution < -0.4 is 0 Å². The SMILES string of the molecule is CCN1C=CSCC1=N. The Morgan fingerprint density at radius 1 is 1.89 bits per heavy atom. The molecule has 0 unspecified atom stereocenters. The Hall–Kier alpha value is -0.440. The van der Waals surface area contributed by atoms with Gasteiger partial charge in [-0.2, -0.15) is 0 Å². The lowest BCUT2D eigenvalue weighted by Crippen LogP contribution is -2.27. The summed E-state index contributed by atoms with van der Waals surface area (Å²) < 4.78 is 0. The minimum absolute atomic E-state index is 0.713. The van der Waals surface area contributed by atoms with Gasteiger partial charge in [-0.25, -0.2) is 0 Å². The lowest BCUT2D eigenvalue weighted by atomic mass is 10.5. The Balaban J connectivity index is 2.57. The molecule has 1 N–H and O–H groups in total. The largest absolute Gasteiger partial charge is 0.336 e. The van der Waals surface area contributed by atoms with Crippen LogP contribution in [-0.4, -0.2) is 23.0 Å². The topological polar surface area (TPSA) is 27.1 Å². The van der Waals surface area contributed by atoms with Crippen LogP contribution in [0.5, 0.6) is 0 Å². The highest BCUT2D eigenvalue weighted by atomic mass is 32.2. The fraction of sp³-hybridized carbons (Fsp3) is 0.500. The van der Waals surface area contributed by atoms with Gasteiger partial charge in [-0.15, -0.1) is 11.8 Å². The highest BCUT2D eigenvalue weighted by Gasteiger charge is 2.06. The minimum Gasteiger partial charge on any atom is -0.336 e. The summed E-state index contributed by atoms with van der Waals surface area (Å²) in [6.45, 7) is 2.96. The summed E-state index contributed by atoms with van der Waals surface area (Å²) in [6, 6.07) is 0. The van der Waals surface area contributed by atoms with Gasteiger partial charge in [0.25, 0.3) is 0 Å². The molecule has 0 aliphatic carbocycles. The molecule has 0 bridgehead atoms. The van der Waals surface area contributed by atoms with Crippen molar-refractivity contribution in [2.75, 3.05) is 12.3 Å². The Kier molecular flexibility index (Phi) is 2.16. The molecule has 0 radical (unpaired) electrons. The van der Waals surface area contributed by atoms with E-state index >= 15 is 0 Å². The number of thioether (sulfide) groups is 1. The van der Waals surface area contributed by atoms with Gasteiger partial charge in [0.1, 0.15) is 5.84 Å². The molecule has 0 spiro atoms.